The highest BCUT2D eigenvalue weighted by atomic mass is 35.5. The van der Waals surface area contributed by atoms with Crippen molar-refractivity contribution < 1.29 is 32.9 Å². The summed E-state index contributed by atoms with van der Waals surface area (Å²) in [5.74, 6) is 0.894. The Morgan fingerprint density at radius 2 is 1.63 bits per heavy atom. The molecule has 1 saturated heterocycles. The maximum atomic E-state index is 14.6. The van der Waals surface area contributed by atoms with E-state index in [4.69, 9.17) is 42.1 Å². The van der Waals surface area contributed by atoms with Gasteiger partial charge in [-0.15, -0.1) is 0 Å². The number of aromatic nitrogens is 1. The second-order valence-electron chi connectivity index (χ2n) is 18.3. The van der Waals surface area contributed by atoms with Crippen LogP contribution in [-0.2, 0) is 51.4 Å². The van der Waals surface area contributed by atoms with Gasteiger partial charge in [0.15, 0.2) is 0 Å². The van der Waals surface area contributed by atoms with Crippen molar-refractivity contribution in [3.8, 4) is 22.6 Å². The molecule has 3 aliphatic heterocycles. The highest BCUT2D eigenvalue weighted by molar-refractivity contribution is 6.42. The van der Waals surface area contributed by atoms with Crippen LogP contribution in [0.2, 0.25) is 10.0 Å². The van der Waals surface area contributed by atoms with E-state index in [9.17, 15) is 14.0 Å². The summed E-state index contributed by atoms with van der Waals surface area (Å²) in [6.45, 7) is 6.75. The molecule has 1 aromatic heterocycles. The molecule has 0 spiro atoms. The van der Waals surface area contributed by atoms with Crippen LogP contribution in [0.25, 0.3) is 11.1 Å². The zero-order valence-electron chi connectivity index (χ0n) is 38.6. The lowest BCUT2D eigenvalue weighted by molar-refractivity contribution is -0.145. The van der Waals surface area contributed by atoms with Gasteiger partial charge in [0.05, 0.1) is 29.8 Å². The smallest absolute Gasteiger partial charge is 0.328 e. The molecule has 0 bridgehead atoms. The van der Waals surface area contributed by atoms with Crippen molar-refractivity contribution in [3.05, 3.63) is 181 Å². The zero-order chi connectivity index (χ0) is 47.3. The lowest BCUT2D eigenvalue weighted by Crippen LogP contribution is -2.54. The second kappa shape index (κ2) is 21.2. The van der Waals surface area contributed by atoms with Crippen molar-refractivity contribution in [3.63, 3.8) is 0 Å². The lowest BCUT2D eigenvalue weighted by Gasteiger charge is -2.37. The number of carbonyl (C=O) groups excluding carboxylic acids is 2. The number of methoxy groups -OCH3 is 1. The Balaban J connectivity index is 0.926. The van der Waals surface area contributed by atoms with Gasteiger partial charge < -0.3 is 24.3 Å². The SMILES string of the molecule is COC(=O)[C@H](Cc1ccc(-c2ccnc(C)c2C)cc1)NC(=O)[C@@H]1Cc2cc3c(cc2CN1Cc1cccc(F)c1)C[C@H](c1ccc(O[C@@H](c2ccc(Cl)c(Cl)c2)C2CCOCC2)cc1)CCO3. The Labute approximate surface area is 407 Å². The summed E-state index contributed by atoms with van der Waals surface area (Å²) in [5, 5.41) is 4.07. The van der Waals surface area contributed by atoms with Crippen molar-refractivity contribution in [2.45, 2.75) is 89.6 Å². The molecule has 1 N–H and O–H groups in total. The molecule has 1 amide bonds. The fourth-order valence-corrected chi connectivity index (χ4v) is 10.3. The van der Waals surface area contributed by atoms with Gasteiger partial charge in [0.2, 0.25) is 5.91 Å². The number of fused-ring (bicyclic) bond motifs is 2. The van der Waals surface area contributed by atoms with Crippen LogP contribution < -0.4 is 14.8 Å². The van der Waals surface area contributed by atoms with E-state index >= 15 is 0 Å². The molecule has 0 radical (unpaired) electrons. The first kappa shape index (κ1) is 47.3. The molecule has 0 aliphatic carbocycles. The largest absolute Gasteiger partial charge is 0.493 e. The number of aryl methyl sites for hydroxylation is 1. The minimum atomic E-state index is -0.926. The van der Waals surface area contributed by atoms with Crippen LogP contribution in [0.15, 0.2) is 115 Å². The number of benzene rings is 5. The average Bonchev–Trinajstić information content (AvgIpc) is 3.56. The highest BCUT2D eigenvalue weighted by Crippen LogP contribution is 2.40. The Hall–Kier alpha value is -5.78. The molecule has 0 unspecified atom stereocenters. The minimum Gasteiger partial charge on any atom is -0.493 e. The van der Waals surface area contributed by atoms with Gasteiger partial charge in [-0.1, -0.05) is 83.9 Å². The molecule has 12 heteroatoms. The molecule has 0 saturated carbocycles. The Kier molecular flexibility index (Phi) is 14.8. The monoisotopic (exact) mass is 955 g/mol. The number of hydrogen-bond donors (Lipinski definition) is 1. The third-order valence-electron chi connectivity index (χ3n) is 13.9. The fraction of sp³-hybridized carbons (Fsp3) is 0.339. The molecular weight excluding hydrogens is 901 g/mol. The molecule has 1 fully saturated rings. The summed E-state index contributed by atoms with van der Waals surface area (Å²) in [7, 11) is 1.33. The van der Waals surface area contributed by atoms with Crippen molar-refractivity contribution in [1.29, 1.82) is 0 Å². The number of nitrogens with zero attached hydrogens (tertiary/aromatic N) is 2. The predicted octanol–water partition coefficient (Wildman–Crippen LogP) is 11.3. The van der Waals surface area contributed by atoms with E-state index in [0.717, 1.165) is 92.9 Å². The number of rotatable bonds is 13. The van der Waals surface area contributed by atoms with Gasteiger partial charge in [-0.25, -0.2) is 9.18 Å². The van der Waals surface area contributed by atoms with Crippen LogP contribution in [0, 0.1) is 25.6 Å². The number of ether oxygens (including phenoxy) is 4. The number of amides is 1. The van der Waals surface area contributed by atoms with E-state index in [1.807, 2.05) is 61.5 Å². The number of esters is 1. The summed E-state index contributed by atoms with van der Waals surface area (Å²) in [4.78, 5) is 34.3. The zero-order valence-corrected chi connectivity index (χ0v) is 40.1. The predicted molar refractivity (Wildman–Crippen MR) is 263 cm³/mol. The molecule has 9 rings (SSSR count). The van der Waals surface area contributed by atoms with E-state index in [0.29, 0.717) is 49.4 Å². The average molecular weight is 957 g/mol. The summed E-state index contributed by atoms with van der Waals surface area (Å²) in [5.41, 5.74) is 11.2. The third kappa shape index (κ3) is 10.9. The van der Waals surface area contributed by atoms with Crippen LogP contribution in [-0.4, -0.2) is 60.8 Å². The molecule has 3 aliphatic rings. The van der Waals surface area contributed by atoms with Gasteiger partial charge in [0, 0.05) is 50.5 Å². The van der Waals surface area contributed by atoms with Crippen LogP contribution >= 0.6 is 23.2 Å². The summed E-state index contributed by atoms with van der Waals surface area (Å²) in [6, 6.07) is 33.4. The fourth-order valence-electron chi connectivity index (χ4n) is 10.00. The number of carbonyl (C=O) groups is 2. The Morgan fingerprint density at radius 3 is 2.38 bits per heavy atom. The minimum absolute atomic E-state index is 0.194. The van der Waals surface area contributed by atoms with Crippen LogP contribution in [0.1, 0.15) is 81.5 Å². The topological polar surface area (TPSA) is 99.2 Å². The summed E-state index contributed by atoms with van der Waals surface area (Å²) < 4.78 is 38.6. The molecule has 5 aromatic carbocycles. The first-order chi connectivity index (χ1) is 33.0. The van der Waals surface area contributed by atoms with Gasteiger partial charge in [-0.2, -0.15) is 0 Å². The molecule has 9 nitrogen and oxygen atoms in total. The van der Waals surface area contributed by atoms with Crippen molar-refractivity contribution in [2.75, 3.05) is 26.9 Å². The number of nitrogens with one attached hydrogen (secondary N) is 1. The third-order valence-corrected chi connectivity index (χ3v) is 14.7. The van der Waals surface area contributed by atoms with Gasteiger partial charge in [-0.05, 0) is 156 Å². The Bertz CT molecular complexity index is 2760. The normalized spacial score (nSPS) is 18.3. The number of hydrogen-bond acceptors (Lipinski definition) is 8. The molecule has 68 heavy (non-hydrogen) atoms. The lowest BCUT2D eigenvalue weighted by atomic mass is 9.86. The van der Waals surface area contributed by atoms with E-state index < -0.39 is 18.1 Å². The molecule has 4 heterocycles. The first-order valence-corrected chi connectivity index (χ1v) is 24.2. The summed E-state index contributed by atoms with van der Waals surface area (Å²) >= 11 is 12.8. The van der Waals surface area contributed by atoms with E-state index in [2.05, 4.69) is 58.5 Å². The quantitative estimate of drug-likeness (QED) is 0.114. The van der Waals surface area contributed by atoms with Gasteiger partial charge in [0.25, 0.3) is 0 Å². The summed E-state index contributed by atoms with van der Waals surface area (Å²) in [6.07, 6.45) is 5.61. The first-order valence-electron chi connectivity index (χ1n) is 23.4. The van der Waals surface area contributed by atoms with Crippen molar-refractivity contribution >= 4 is 35.1 Å². The van der Waals surface area contributed by atoms with Crippen molar-refractivity contribution in [1.82, 2.24) is 15.2 Å². The molecule has 4 atom stereocenters. The van der Waals surface area contributed by atoms with Crippen LogP contribution in [0.4, 0.5) is 4.39 Å². The maximum absolute atomic E-state index is 14.6. The molecular formula is C56H56Cl2FN3O6. The Morgan fingerprint density at radius 1 is 0.838 bits per heavy atom. The van der Waals surface area contributed by atoms with E-state index in [1.165, 1.54) is 24.8 Å². The van der Waals surface area contributed by atoms with Crippen LogP contribution in [0.3, 0.4) is 0 Å². The second-order valence-corrected chi connectivity index (χ2v) is 19.1. The van der Waals surface area contributed by atoms with E-state index in [-0.39, 0.29) is 36.1 Å². The van der Waals surface area contributed by atoms with E-state index in [1.54, 1.807) is 12.3 Å². The maximum Gasteiger partial charge on any atom is 0.328 e. The highest BCUT2D eigenvalue weighted by Gasteiger charge is 2.36. The van der Waals surface area contributed by atoms with Crippen molar-refractivity contribution in [2.24, 2.45) is 5.92 Å². The van der Waals surface area contributed by atoms with Gasteiger partial charge in [-0.3, -0.25) is 14.7 Å². The molecule has 352 valence electrons. The van der Waals surface area contributed by atoms with Gasteiger partial charge in [0.1, 0.15) is 29.5 Å². The van der Waals surface area contributed by atoms with Gasteiger partial charge >= 0.3 is 5.97 Å². The number of halogens is 3. The standard InChI is InChI=1S/C56H56Cl2FN3O6/c1-34-35(2)60-21-17-48(34)39-9-7-36(8-10-39)26-51(56(64)65-3)61-55(63)52-30-43-31-53-44(28-45(43)33-62(52)32-37-5-4-6-46(59)25-37)27-41(20-24-67-53)38-11-14-47(15-12-38)68-54(40-18-22-66-23-19-40)42-13-16-49(57)50(58)29-42/h4-17,21,25,28-29,31,40-41,51-52,54H,18-20,22-24,26-27,30,32-33H2,1-3H3,(H,61,63)/t41-,51+,52+,54-/m1/s1. The van der Waals surface area contributed by atoms with Crippen LogP contribution in [0.5, 0.6) is 11.5 Å². The number of pyridine rings is 1. The molecule has 6 aromatic rings.